The number of fused-ring (bicyclic) bond motifs is 1. The number of hydrogen-bond donors (Lipinski definition) is 0. The normalized spacial score (nSPS) is 10.9. The molecule has 0 radical (unpaired) electrons. The Morgan fingerprint density at radius 3 is 3.00 bits per heavy atom. The summed E-state index contributed by atoms with van der Waals surface area (Å²) in [6.45, 7) is 2.04. The van der Waals surface area contributed by atoms with Crippen LogP contribution in [-0.4, -0.2) is 4.98 Å². The molecule has 1 heterocycles. The molecule has 68 valence electrons. The molecule has 1 aromatic carbocycles. The SMILES string of the molecule is CCc1nc2c(CBr)cccc2o1. The summed E-state index contributed by atoms with van der Waals surface area (Å²) in [5.74, 6) is 0.809. The van der Waals surface area contributed by atoms with E-state index in [9.17, 15) is 0 Å². The number of halogens is 1. The van der Waals surface area contributed by atoms with Crippen LogP contribution in [0, 0.1) is 0 Å². The van der Waals surface area contributed by atoms with Crippen molar-refractivity contribution < 1.29 is 4.42 Å². The summed E-state index contributed by atoms with van der Waals surface area (Å²) in [6.07, 6.45) is 0.844. The minimum Gasteiger partial charge on any atom is -0.441 e. The fourth-order valence-electron chi connectivity index (χ4n) is 1.31. The quantitative estimate of drug-likeness (QED) is 0.753. The number of rotatable bonds is 2. The Hall–Kier alpha value is -0.830. The fourth-order valence-corrected chi connectivity index (χ4v) is 1.76. The van der Waals surface area contributed by atoms with Gasteiger partial charge in [0.25, 0.3) is 0 Å². The smallest absolute Gasteiger partial charge is 0.195 e. The lowest BCUT2D eigenvalue weighted by atomic mass is 10.2. The van der Waals surface area contributed by atoms with Crippen molar-refractivity contribution >= 4 is 27.0 Å². The lowest BCUT2D eigenvalue weighted by Gasteiger charge is -1.92. The highest BCUT2D eigenvalue weighted by Gasteiger charge is 2.06. The van der Waals surface area contributed by atoms with E-state index in [0.717, 1.165) is 28.7 Å². The molecule has 0 unspecified atom stereocenters. The van der Waals surface area contributed by atoms with Crippen LogP contribution in [0.4, 0.5) is 0 Å². The molecule has 2 aromatic rings. The van der Waals surface area contributed by atoms with Crippen LogP contribution < -0.4 is 0 Å². The van der Waals surface area contributed by atoms with E-state index in [2.05, 4.69) is 27.0 Å². The second-order valence-electron chi connectivity index (χ2n) is 2.86. The third-order valence-corrected chi connectivity index (χ3v) is 2.60. The third kappa shape index (κ3) is 1.48. The van der Waals surface area contributed by atoms with Crippen LogP contribution in [0.15, 0.2) is 22.6 Å². The minimum absolute atomic E-state index is 0.809. The Kier molecular flexibility index (Phi) is 2.36. The molecule has 3 heteroatoms. The number of oxazole rings is 1. The van der Waals surface area contributed by atoms with Crippen molar-refractivity contribution in [2.75, 3.05) is 0 Å². The molecule has 13 heavy (non-hydrogen) atoms. The zero-order chi connectivity index (χ0) is 9.26. The summed E-state index contributed by atoms with van der Waals surface area (Å²) in [7, 11) is 0. The maximum absolute atomic E-state index is 5.53. The van der Waals surface area contributed by atoms with Gasteiger partial charge in [-0.25, -0.2) is 4.98 Å². The van der Waals surface area contributed by atoms with Gasteiger partial charge in [0.15, 0.2) is 11.5 Å². The van der Waals surface area contributed by atoms with Crippen molar-refractivity contribution in [3.63, 3.8) is 0 Å². The Bertz CT molecular complexity index is 422. The van der Waals surface area contributed by atoms with Gasteiger partial charge in [-0.3, -0.25) is 0 Å². The van der Waals surface area contributed by atoms with E-state index in [1.807, 2.05) is 19.1 Å². The molecular weight excluding hydrogens is 230 g/mol. The minimum atomic E-state index is 0.809. The van der Waals surface area contributed by atoms with Gasteiger partial charge in [-0.1, -0.05) is 35.0 Å². The topological polar surface area (TPSA) is 26.0 Å². The number of benzene rings is 1. The van der Waals surface area contributed by atoms with E-state index in [4.69, 9.17) is 4.42 Å². The number of hydrogen-bond acceptors (Lipinski definition) is 2. The summed E-state index contributed by atoms with van der Waals surface area (Å²) in [4.78, 5) is 4.41. The van der Waals surface area contributed by atoms with Gasteiger partial charge < -0.3 is 4.42 Å². The Labute approximate surface area is 85.1 Å². The van der Waals surface area contributed by atoms with Gasteiger partial charge in [-0.15, -0.1) is 0 Å². The van der Waals surface area contributed by atoms with Crippen molar-refractivity contribution in [1.82, 2.24) is 4.98 Å². The van der Waals surface area contributed by atoms with Crippen molar-refractivity contribution in [2.45, 2.75) is 18.7 Å². The number of alkyl halides is 1. The standard InChI is InChI=1S/C10H10BrNO/c1-2-9-12-10-7(6-11)4-3-5-8(10)13-9/h3-5H,2,6H2,1H3. The molecule has 0 amide bonds. The first-order valence-electron chi connectivity index (χ1n) is 4.28. The fraction of sp³-hybridized carbons (Fsp3) is 0.300. The van der Waals surface area contributed by atoms with Gasteiger partial charge in [0.1, 0.15) is 5.52 Å². The molecule has 0 aliphatic heterocycles. The average Bonchev–Trinajstić information content (AvgIpc) is 2.59. The van der Waals surface area contributed by atoms with Gasteiger partial charge in [0.2, 0.25) is 0 Å². The molecule has 2 nitrogen and oxygen atoms in total. The van der Waals surface area contributed by atoms with Crippen molar-refractivity contribution in [1.29, 1.82) is 0 Å². The number of para-hydroxylation sites is 1. The zero-order valence-electron chi connectivity index (χ0n) is 7.38. The molecule has 2 rings (SSSR count). The Morgan fingerprint density at radius 2 is 2.31 bits per heavy atom. The summed E-state index contributed by atoms with van der Waals surface area (Å²) >= 11 is 3.43. The predicted molar refractivity (Wildman–Crippen MR) is 56.0 cm³/mol. The molecule has 0 N–H and O–H groups in total. The maximum Gasteiger partial charge on any atom is 0.195 e. The van der Waals surface area contributed by atoms with Crippen molar-refractivity contribution in [3.05, 3.63) is 29.7 Å². The highest BCUT2D eigenvalue weighted by atomic mass is 79.9. The summed E-state index contributed by atoms with van der Waals surface area (Å²) in [6, 6.07) is 6.00. The second kappa shape index (κ2) is 3.50. The van der Waals surface area contributed by atoms with Crippen LogP contribution in [-0.2, 0) is 11.8 Å². The van der Waals surface area contributed by atoms with Gasteiger partial charge in [0.05, 0.1) is 0 Å². The van der Waals surface area contributed by atoms with Crippen LogP contribution >= 0.6 is 15.9 Å². The van der Waals surface area contributed by atoms with Crippen LogP contribution in [0.1, 0.15) is 18.4 Å². The molecule has 0 bridgehead atoms. The Balaban J connectivity index is 2.67. The van der Waals surface area contributed by atoms with Gasteiger partial charge in [-0.05, 0) is 11.6 Å². The molecule has 0 saturated carbocycles. The molecule has 0 saturated heterocycles. The predicted octanol–water partition coefficient (Wildman–Crippen LogP) is 3.29. The van der Waals surface area contributed by atoms with Crippen LogP contribution in [0.2, 0.25) is 0 Å². The average molecular weight is 240 g/mol. The lowest BCUT2D eigenvalue weighted by molar-refractivity contribution is 0.538. The van der Waals surface area contributed by atoms with Crippen LogP contribution in [0.25, 0.3) is 11.1 Å². The summed E-state index contributed by atoms with van der Waals surface area (Å²) in [5, 5.41) is 0.819. The summed E-state index contributed by atoms with van der Waals surface area (Å²) < 4.78 is 5.53. The molecular formula is C10H10BrNO. The third-order valence-electron chi connectivity index (χ3n) is 1.99. The molecule has 0 spiro atoms. The lowest BCUT2D eigenvalue weighted by Crippen LogP contribution is -1.80. The largest absolute Gasteiger partial charge is 0.441 e. The van der Waals surface area contributed by atoms with Crippen molar-refractivity contribution in [3.8, 4) is 0 Å². The highest BCUT2D eigenvalue weighted by Crippen LogP contribution is 2.21. The van der Waals surface area contributed by atoms with E-state index in [1.54, 1.807) is 0 Å². The first-order chi connectivity index (χ1) is 6.35. The monoisotopic (exact) mass is 239 g/mol. The van der Waals surface area contributed by atoms with E-state index in [1.165, 1.54) is 5.56 Å². The van der Waals surface area contributed by atoms with E-state index >= 15 is 0 Å². The summed E-state index contributed by atoms with van der Waals surface area (Å²) in [5.41, 5.74) is 3.05. The van der Waals surface area contributed by atoms with Gasteiger partial charge in [-0.2, -0.15) is 0 Å². The van der Waals surface area contributed by atoms with E-state index in [-0.39, 0.29) is 0 Å². The van der Waals surface area contributed by atoms with Gasteiger partial charge >= 0.3 is 0 Å². The first kappa shape index (κ1) is 8.75. The molecule has 0 atom stereocenters. The van der Waals surface area contributed by atoms with Crippen molar-refractivity contribution in [2.24, 2.45) is 0 Å². The molecule has 0 fully saturated rings. The molecule has 0 aliphatic carbocycles. The number of aromatic nitrogens is 1. The number of nitrogens with zero attached hydrogens (tertiary/aromatic N) is 1. The first-order valence-corrected chi connectivity index (χ1v) is 5.40. The highest BCUT2D eigenvalue weighted by molar-refractivity contribution is 9.08. The van der Waals surface area contributed by atoms with E-state index < -0.39 is 0 Å². The van der Waals surface area contributed by atoms with E-state index in [0.29, 0.717) is 0 Å². The number of aryl methyl sites for hydroxylation is 1. The van der Waals surface area contributed by atoms with Gasteiger partial charge in [0, 0.05) is 11.8 Å². The van der Waals surface area contributed by atoms with Crippen LogP contribution in [0.5, 0.6) is 0 Å². The van der Waals surface area contributed by atoms with Crippen LogP contribution in [0.3, 0.4) is 0 Å². The second-order valence-corrected chi connectivity index (χ2v) is 3.42. The maximum atomic E-state index is 5.53. The Morgan fingerprint density at radius 1 is 1.46 bits per heavy atom. The zero-order valence-corrected chi connectivity index (χ0v) is 8.97. The molecule has 0 aliphatic rings. The molecule has 1 aromatic heterocycles.